The summed E-state index contributed by atoms with van der Waals surface area (Å²) in [7, 11) is 0. The average Bonchev–Trinajstić information content (AvgIpc) is 2.31. The third-order valence-corrected chi connectivity index (χ3v) is 3.41. The number of aliphatic hydroxyl groups is 1. The van der Waals surface area contributed by atoms with E-state index in [1.807, 2.05) is 32.0 Å². The number of hydrogen-bond donors (Lipinski definition) is 2. The van der Waals surface area contributed by atoms with Crippen molar-refractivity contribution in [1.82, 2.24) is 0 Å². The largest absolute Gasteiger partial charge is 0.489 e. The van der Waals surface area contributed by atoms with Crippen molar-refractivity contribution in [2.45, 2.75) is 20.0 Å². The summed E-state index contributed by atoms with van der Waals surface area (Å²) in [6.45, 7) is 5.91. The lowest BCUT2D eigenvalue weighted by Crippen LogP contribution is -2.50. The van der Waals surface area contributed by atoms with Gasteiger partial charge in [0.2, 0.25) is 0 Å². The van der Waals surface area contributed by atoms with E-state index in [0.29, 0.717) is 30.5 Å². The summed E-state index contributed by atoms with van der Waals surface area (Å²) in [5.74, 6) is 0.686. The Labute approximate surface area is 118 Å². The third-order valence-electron chi connectivity index (χ3n) is 3.11. The average molecular weight is 286 g/mol. The summed E-state index contributed by atoms with van der Waals surface area (Å²) in [5.41, 5.74) is 0.764. The Bertz CT molecular complexity index is 427. The predicted molar refractivity (Wildman–Crippen MR) is 76.0 cm³/mol. The van der Waals surface area contributed by atoms with E-state index >= 15 is 0 Å². The molecule has 1 saturated heterocycles. The molecule has 0 saturated carbocycles. The first-order valence-electron chi connectivity index (χ1n) is 6.43. The predicted octanol–water partition coefficient (Wildman–Crippen LogP) is 2.55. The van der Waals surface area contributed by atoms with Gasteiger partial charge < -0.3 is 19.9 Å². The highest BCUT2D eigenvalue weighted by Gasteiger charge is 2.37. The molecule has 0 spiro atoms. The van der Waals surface area contributed by atoms with E-state index < -0.39 is 0 Å². The molecule has 1 aromatic rings. The Morgan fingerprint density at radius 3 is 2.68 bits per heavy atom. The lowest BCUT2D eigenvalue weighted by Gasteiger charge is -2.40. The van der Waals surface area contributed by atoms with E-state index in [-0.39, 0.29) is 18.1 Å². The highest BCUT2D eigenvalue weighted by Crippen LogP contribution is 2.31. The second-order valence-electron chi connectivity index (χ2n) is 5.32. The van der Waals surface area contributed by atoms with E-state index in [4.69, 9.17) is 21.1 Å². The minimum Gasteiger partial charge on any atom is -0.489 e. The molecule has 19 heavy (non-hydrogen) atoms. The molecule has 2 N–H and O–H groups in total. The van der Waals surface area contributed by atoms with Crippen molar-refractivity contribution in [2.75, 3.05) is 31.7 Å². The van der Waals surface area contributed by atoms with Crippen molar-refractivity contribution >= 4 is 17.3 Å². The van der Waals surface area contributed by atoms with E-state index in [0.717, 1.165) is 5.69 Å². The van der Waals surface area contributed by atoms with Crippen LogP contribution in [0, 0.1) is 5.41 Å². The molecule has 0 unspecified atom stereocenters. The molecule has 0 aliphatic carbocycles. The van der Waals surface area contributed by atoms with Crippen molar-refractivity contribution in [1.29, 1.82) is 0 Å². The van der Waals surface area contributed by atoms with Crippen LogP contribution < -0.4 is 10.1 Å². The fourth-order valence-electron chi connectivity index (χ4n) is 1.89. The highest BCUT2D eigenvalue weighted by molar-refractivity contribution is 6.32. The molecule has 0 atom stereocenters. The van der Waals surface area contributed by atoms with Gasteiger partial charge in [-0.2, -0.15) is 0 Å². The van der Waals surface area contributed by atoms with E-state index in [1.54, 1.807) is 0 Å². The van der Waals surface area contributed by atoms with Crippen LogP contribution in [0.5, 0.6) is 5.75 Å². The fraction of sp³-hybridized carbons (Fsp3) is 0.571. The molecule has 0 bridgehead atoms. The van der Waals surface area contributed by atoms with Gasteiger partial charge in [-0.1, -0.05) is 11.6 Å². The van der Waals surface area contributed by atoms with Gasteiger partial charge in [0.25, 0.3) is 0 Å². The zero-order valence-corrected chi connectivity index (χ0v) is 12.0. The minimum absolute atomic E-state index is 0.0982. The van der Waals surface area contributed by atoms with Crippen LogP contribution >= 0.6 is 11.6 Å². The first kappa shape index (κ1) is 14.4. The van der Waals surface area contributed by atoms with Crippen LogP contribution in [0.1, 0.15) is 13.8 Å². The zero-order valence-electron chi connectivity index (χ0n) is 11.3. The topological polar surface area (TPSA) is 50.7 Å². The summed E-state index contributed by atoms with van der Waals surface area (Å²) in [4.78, 5) is 0. The lowest BCUT2D eigenvalue weighted by molar-refractivity contribution is -0.128. The van der Waals surface area contributed by atoms with Gasteiger partial charge in [0.15, 0.2) is 0 Å². The molecule has 1 aromatic carbocycles. The quantitative estimate of drug-likeness (QED) is 0.843. The molecular formula is C14H20ClNO3. The Kier molecular flexibility index (Phi) is 4.55. The molecule has 4 nitrogen and oxygen atoms in total. The SMILES string of the molecule is CC(C)Oc1ccc(NCC2(CO)COC2)cc1Cl. The van der Waals surface area contributed by atoms with Crippen molar-refractivity contribution in [2.24, 2.45) is 5.41 Å². The van der Waals surface area contributed by atoms with Gasteiger partial charge in [-0.3, -0.25) is 0 Å². The van der Waals surface area contributed by atoms with Gasteiger partial charge in [0, 0.05) is 12.2 Å². The first-order chi connectivity index (χ1) is 9.04. The Hall–Kier alpha value is -0.970. The molecule has 1 fully saturated rings. The summed E-state index contributed by atoms with van der Waals surface area (Å²) >= 11 is 6.17. The van der Waals surface area contributed by atoms with Gasteiger partial charge in [-0.05, 0) is 32.0 Å². The van der Waals surface area contributed by atoms with Crippen LogP contribution in [-0.2, 0) is 4.74 Å². The standard InChI is InChI=1S/C14H20ClNO3/c1-10(2)19-13-4-3-11(5-12(13)15)16-6-14(7-17)8-18-9-14/h3-5,10,16-17H,6-9H2,1-2H3. The first-order valence-corrected chi connectivity index (χ1v) is 6.81. The molecule has 1 aliphatic heterocycles. The summed E-state index contributed by atoms with van der Waals surface area (Å²) in [6.07, 6.45) is 0.0982. The smallest absolute Gasteiger partial charge is 0.138 e. The minimum atomic E-state index is -0.153. The van der Waals surface area contributed by atoms with Crippen LogP contribution in [0.4, 0.5) is 5.69 Å². The lowest BCUT2D eigenvalue weighted by atomic mass is 9.87. The van der Waals surface area contributed by atoms with Crippen LogP contribution in [0.15, 0.2) is 18.2 Å². The number of hydrogen-bond acceptors (Lipinski definition) is 4. The van der Waals surface area contributed by atoms with Gasteiger partial charge >= 0.3 is 0 Å². The summed E-state index contributed by atoms with van der Waals surface area (Å²) in [5, 5.41) is 13.2. The maximum atomic E-state index is 9.35. The number of benzene rings is 1. The number of aliphatic hydroxyl groups excluding tert-OH is 1. The van der Waals surface area contributed by atoms with Crippen LogP contribution in [0.3, 0.4) is 0 Å². The molecule has 0 aromatic heterocycles. The molecule has 1 heterocycles. The summed E-state index contributed by atoms with van der Waals surface area (Å²) < 4.78 is 10.7. The van der Waals surface area contributed by atoms with Crippen molar-refractivity contribution in [3.63, 3.8) is 0 Å². The second kappa shape index (κ2) is 5.99. The van der Waals surface area contributed by atoms with Crippen LogP contribution in [0.2, 0.25) is 5.02 Å². The fourth-order valence-corrected chi connectivity index (χ4v) is 2.11. The molecule has 106 valence electrons. The third kappa shape index (κ3) is 3.53. The van der Waals surface area contributed by atoms with Crippen molar-refractivity contribution < 1.29 is 14.6 Å². The van der Waals surface area contributed by atoms with Crippen molar-refractivity contribution in [3.8, 4) is 5.75 Å². The Morgan fingerprint density at radius 2 is 2.21 bits per heavy atom. The number of anilines is 1. The van der Waals surface area contributed by atoms with Gasteiger partial charge in [0.05, 0.1) is 36.4 Å². The number of nitrogens with one attached hydrogen (secondary N) is 1. The van der Waals surface area contributed by atoms with Crippen LogP contribution in [0.25, 0.3) is 0 Å². The number of ether oxygens (including phenoxy) is 2. The molecular weight excluding hydrogens is 266 g/mol. The van der Waals surface area contributed by atoms with Crippen molar-refractivity contribution in [3.05, 3.63) is 23.2 Å². The molecule has 0 amide bonds. The van der Waals surface area contributed by atoms with E-state index in [9.17, 15) is 5.11 Å². The number of rotatable bonds is 6. The highest BCUT2D eigenvalue weighted by atomic mass is 35.5. The maximum Gasteiger partial charge on any atom is 0.138 e. The summed E-state index contributed by atoms with van der Waals surface area (Å²) in [6, 6.07) is 5.62. The molecule has 0 radical (unpaired) electrons. The molecule has 1 aliphatic rings. The zero-order chi connectivity index (χ0) is 13.9. The maximum absolute atomic E-state index is 9.35. The van der Waals surface area contributed by atoms with E-state index in [1.165, 1.54) is 0 Å². The van der Waals surface area contributed by atoms with E-state index in [2.05, 4.69) is 5.32 Å². The van der Waals surface area contributed by atoms with Gasteiger partial charge in [0.1, 0.15) is 5.75 Å². The Morgan fingerprint density at radius 1 is 1.47 bits per heavy atom. The molecule has 5 heteroatoms. The van der Waals surface area contributed by atoms with Gasteiger partial charge in [-0.25, -0.2) is 0 Å². The van der Waals surface area contributed by atoms with Gasteiger partial charge in [-0.15, -0.1) is 0 Å². The number of halogens is 1. The van der Waals surface area contributed by atoms with Crippen LogP contribution in [-0.4, -0.2) is 37.6 Å². The second-order valence-corrected chi connectivity index (χ2v) is 5.72. The normalized spacial score (nSPS) is 17.1. The molecule has 2 rings (SSSR count). The monoisotopic (exact) mass is 285 g/mol. The Balaban J connectivity index is 1.96.